The average molecular weight is 578 g/mol. The largest absolute Gasteiger partial charge is 0.489 e. The maximum absolute atomic E-state index is 11.7. The molecule has 0 unspecified atom stereocenters. The minimum atomic E-state index is -0.609. The molecule has 1 aromatic heterocycles. The number of benzene rings is 3. The number of nitrogens with zero attached hydrogens (tertiary/aromatic N) is 5. The molecule has 0 amide bonds. The first-order valence-electron chi connectivity index (χ1n) is 11.4. The van der Waals surface area contributed by atoms with Crippen molar-refractivity contribution in [3.63, 3.8) is 0 Å². The molecule has 0 saturated heterocycles. The zero-order valence-electron chi connectivity index (χ0n) is 20.5. The normalized spacial score (nSPS) is 11.6. The van der Waals surface area contributed by atoms with Gasteiger partial charge in [0.15, 0.2) is 5.16 Å². The molecular formula is C27H24BrN5O3S. The lowest BCUT2D eigenvalue weighted by molar-refractivity contribution is -0.479. The smallest absolute Gasteiger partial charge is 0.220 e. The predicted molar refractivity (Wildman–Crippen MR) is 146 cm³/mol. The SMILES string of the molecule is Cc1ccc(-n2c(C)nnc2S[C@@H](C[N+](=O)[O-])c2cc(Br)ccc2OCc2ccccc2C#N)cc1C. The van der Waals surface area contributed by atoms with Crippen LogP contribution in [0.1, 0.15) is 38.9 Å². The summed E-state index contributed by atoms with van der Waals surface area (Å²) in [6, 6.07) is 20.9. The molecule has 0 N–H and O–H groups in total. The van der Waals surface area contributed by atoms with Gasteiger partial charge in [-0.25, -0.2) is 0 Å². The molecule has 0 aliphatic carbocycles. The molecule has 0 aliphatic rings. The van der Waals surface area contributed by atoms with Gasteiger partial charge in [-0.2, -0.15) is 5.26 Å². The van der Waals surface area contributed by atoms with Crippen molar-refractivity contribution < 1.29 is 9.66 Å². The minimum Gasteiger partial charge on any atom is -0.489 e. The fourth-order valence-corrected chi connectivity index (χ4v) is 5.43. The fraction of sp³-hybridized carbons (Fsp3) is 0.222. The highest BCUT2D eigenvalue weighted by molar-refractivity contribution is 9.10. The number of hydrogen-bond donors (Lipinski definition) is 0. The highest BCUT2D eigenvalue weighted by Gasteiger charge is 2.27. The molecule has 0 saturated carbocycles. The first-order chi connectivity index (χ1) is 17.8. The van der Waals surface area contributed by atoms with Crippen LogP contribution >= 0.6 is 27.7 Å². The molecule has 8 nitrogen and oxygen atoms in total. The zero-order valence-corrected chi connectivity index (χ0v) is 22.9. The molecule has 3 aromatic carbocycles. The van der Waals surface area contributed by atoms with Crippen molar-refractivity contribution in [2.75, 3.05) is 6.54 Å². The summed E-state index contributed by atoms with van der Waals surface area (Å²) in [4.78, 5) is 11.4. The van der Waals surface area contributed by atoms with Gasteiger partial charge in [0.25, 0.3) is 0 Å². The molecule has 10 heteroatoms. The lowest BCUT2D eigenvalue weighted by Crippen LogP contribution is -2.13. The van der Waals surface area contributed by atoms with Gasteiger partial charge in [-0.05, 0) is 68.3 Å². The second kappa shape index (κ2) is 11.6. The van der Waals surface area contributed by atoms with Crippen molar-refractivity contribution in [1.82, 2.24) is 14.8 Å². The second-order valence-corrected chi connectivity index (χ2v) is 10.6. The van der Waals surface area contributed by atoms with E-state index in [1.807, 2.05) is 61.7 Å². The fourth-order valence-electron chi connectivity index (χ4n) is 3.86. The van der Waals surface area contributed by atoms with E-state index >= 15 is 0 Å². The first kappa shape index (κ1) is 26.4. The van der Waals surface area contributed by atoms with Crippen LogP contribution in [0.15, 0.2) is 70.3 Å². The summed E-state index contributed by atoms with van der Waals surface area (Å²) in [5.41, 5.74) is 5.11. The number of halogens is 1. The van der Waals surface area contributed by atoms with E-state index in [9.17, 15) is 15.4 Å². The Hall–Kier alpha value is -3.68. The second-order valence-electron chi connectivity index (χ2n) is 8.50. The van der Waals surface area contributed by atoms with Crippen LogP contribution < -0.4 is 4.74 Å². The van der Waals surface area contributed by atoms with Crippen LogP contribution in [0.2, 0.25) is 0 Å². The Labute approximate surface area is 227 Å². The third-order valence-electron chi connectivity index (χ3n) is 5.95. The molecule has 0 fully saturated rings. The minimum absolute atomic E-state index is 0.159. The van der Waals surface area contributed by atoms with Gasteiger partial charge in [-0.1, -0.05) is 52.0 Å². The van der Waals surface area contributed by atoms with Gasteiger partial charge in [0.1, 0.15) is 23.4 Å². The van der Waals surface area contributed by atoms with Gasteiger partial charge in [-0.3, -0.25) is 14.7 Å². The monoisotopic (exact) mass is 577 g/mol. The van der Waals surface area contributed by atoms with Crippen molar-refractivity contribution in [3.8, 4) is 17.5 Å². The van der Waals surface area contributed by atoms with Crippen molar-refractivity contribution in [3.05, 3.63) is 109 Å². The Morgan fingerprint density at radius 3 is 2.62 bits per heavy atom. The third-order valence-corrected chi connectivity index (χ3v) is 7.60. The number of ether oxygens (including phenoxy) is 1. The maximum atomic E-state index is 11.7. The lowest BCUT2D eigenvalue weighted by atomic mass is 10.1. The van der Waals surface area contributed by atoms with E-state index in [0.29, 0.717) is 27.9 Å². The Kier molecular flexibility index (Phi) is 8.26. The van der Waals surface area contributed by atoms with E-state index in [1.54, 1.807) is 18.2 Å². The molecule has 4 rings (SSSR count). The lowest BCUT2D eigenvalue weighted by Gasteiger charge is -2.19. The van der Waals surface area contributed by atoms with Crippen LogP contribution in [0.5, 0.6) is 5.75 Å². The Balaban J connectivity index is 1.70. The Bertz CT molecular complexity index is 1500. The van der Waals surface area contributed by atoms with Crippen molar-refractivity contribution in [1.29, 1.82) is 5.26 Å². The topological polar surface area (TPSA) is 107 Å². The Morgan fingerprint density at radius 1 is 1.11 bits per heavy atom. The van der Waals surface area contributed by atoms with E-state index in [4.69, 9.17) is 4.74 Å². The number of rotatable bonds is 9. The van der Waals surface area contributed by atoms with Crippen LogP contribution in [0, 0.1) is 42.2 Å². The molecule has 4 aromatic rings. The van der Waals surface area contributed by atoms with Gasteiger partial charge in [-0.15, -0.1) is 10.2 Å². The van der Waals surface area contributed by atoms with Gasteiger partial charge >= 0.3 is 0 Å². The van der Waals surface area contributed by atoms with Gasteiger partial charge in [0.05, 0.1) is 11.6 Å². The number of aromatic nitrogens is 3. The molecular weight excluding hydrogens is 554 g/mol. The molecule has 188 valence electrons. The molecule has 37 heavy (non-hydrogen) atoms. The van der Waals surface area contributed by atoms with Crippen LogP contribution in [-0.4, -0.2) is 26.2 Å². The molecule has 1 heterocycles. The van der Waals surface area contributed by atoms with E-state index < -0.39 is 5.25 Å². The van der Waals surface area contributed by atoms with E-state index in [-0.39, 0.29) is 18.1 Å². The van der Waals surface area contributed by atoms with Gasteiger partial charge in [0, 0.05) is 26.2 Å². The summed E-state index contributed by atoms with van der Waals surface area (Å²) in [5, 5.41) is 29.7. The van der Waals surface area contributed by atoms with Crippen LogP contribution in [0.4, 0.5) is 0 Å². The highest BCUT2D eigenvalue weighted by atomic mass is 79.9. The van der Waals surface area contributed by atoms with E-state index in [1.165, 1.54) is 17.3 Å². The quantitative estimate of drug-likeness (QED) is 0.127. The highest BCUT2D eigenvalue weighted by Crippen LogP contribution is 2.41. The van der Waals surface area contributed by atoms with Crippen molar-refractivity contribution in [2.45, 2.75) is 37.8 Å². The molecule has 0 spiro atoms. The van der Waals surface area contributed by atoms with Crippen molar-refractivity contribution >= 4 is 27.7 Å². The molecule has 1 atom stereocenters. The number of nitro groups is 1. The molecule has 0 bridgehead atoms. The van der Waals surface area contributed by atoms with Crippen LogP contribution in [-0.2, 0) is 6.61 Å². The molecule has 0 radical (unpaired) electrons. The van der Waals surface area contributed by atoms with E-state index in [2.05, 4.69) is 38.3 Å². The summed E-state index contributed by atoms with van der Waals surface area (Å²) in [7, 11) is 0. The number of aryl methyl sites for hydroxylation is 3. The van der Waals surface area contributed by atoms with Crippen LogP contribution in [0.25, 0.3) is 5.69 Å². The summed E-state index contributed by atoms with van der Waals surface area (Å²) >= 11 is 4.76. The number of nitriles is 1. The van der Waals surface area contributed by atoms with E-state index in [0.717, 1.165) is 21.3 Å². The number of thioether (sulfide) groups is 1. The average Bonchev–Trinajstić information content (AvgIpc) is 3.24. The predicted octanol–water partition coefficient (Wildman–Crippen LogP) is 6.52. The third kappa shape index (κ3) is 6.18. The zero-order chi connectivity index (χ0) is 26.5. The summed E-state index contributed by atoms with van der Waals surface area (Å²) in [6.07, 6.45) is 0. The summed E-state index contributed by atoms with van der Waals surface area (Å²) < 4.78 is 8.80. The summed E-state index contributed by atoms with van der Waals surface area (Å²) in [6.45, 7) is 5.76. The number of hydrogen-bond acceptors (Lipinski definition) is 7. The maximum Gasteiger partial charge on any atom is 0.220 e. The van der Waals surface area contributed by atoms with Gasteiger partial charge in [0.2, 0.25) is 6.54 Å². The van der Waals surface area contributed by atoms with Crippen molar-refractivity contribution in [2.24, 2.45) is 0 Å². The van der Waals surface area contributed by atoms with Crippen LogP contribution in [0.3, 0.4) is 0 Å². The van der Waals surface area contributed by atoms with Gasteiger partial charge < -0.3 is 4.74 Å². The summed E-state index contributed by atoms with van der Waals surface area (Å²) in [5.74, 6) is 1.19. The standard InChI is InChI=1S/C27H24BrN5O3S/c1-17-8-10-23(12-18(17)2)33-19(3)30-31-27(33)37-26(15-32(34)35)24-13-22(28)9-11-25(24)36-16-21-7-5-4-6-20(21)14-29/h4-13,26H,15-16H2,1-3H3/t26-/m0/s1. The first-order valence-corrected chi connectivity index (χ1v) is 13.1. The molecule has 0 aliphatic heterocycles. The Morgan fingerprint density at radius 2 is 1.89 bits per heavy atom.